The molecule has 0 N–H and O–H groups in total. The van der Waals surface area contributed by atoms with Gasteiger partial charge < -0.3 is 23.8 Å². The minimum absolute atomic E-state index is 0.00706. The van der Waals surface area contributed by atoms with E-state index in [-0.39, 0.29) is 17.6 Å². The van der Waals surface area contributed by atoms with Crippen LogP contribution in [-0.2, 0) is 26.2 Å². The first kappa shape index (κ1) is 22.1. The summed E-state index contributed by atoms with van der Waals surface area (Å²) < 4.78 is 23.6. The summed E-state index contributed by atoms with van der Waals surface area (Å²) in [6, 6.07) is 17.0. The topological polar surface area (TPSA) is 40.2 Å². The lowest BCUT2D eigenvalue weighted by Crippen LogP contribution is -2.44. The van der Waals surface area contributed by atoms with E-state index >= 15 is 0 Å². The van der Waals surface area contributed by atoms with Gasteiger partial charge in [0.15, 0.2) is 0 Å². The number of fused-ring (bicyclic) bond motifs is 3. The van der Waals surface area contributed by atoms with Crippen molar-refractivity contribution < 1.29 is 18.9 Å². The van der Waals surface area contributed by atoms with Crippen LogP contribution in [0.15, 0.2) is 72.1 Å². The number of allylic oxidation sites excluding steroid dienone is 1. The lowest BCUT2D eigenvalue weighted by atomic mass is 9.73. The molecular weight excluding hydrogens is 414 g/mol. The Morgan fingerprint density at radius 2 is 1.91 bits per heavy atom. The maximum Gasteiger partial charge on any atom is 0.122 e. The van der Waals surface area contributed by atoms with Gasteiger partial charge in [-0.15, -0.1) is 0 Å². The number of benzene rings is 2. The zero-order chi connectivity index (χ0) is 22.8. The summed E-state index contributed by atoms with van der Waals surface area (Å²) in [6.45, 7) is 10.7. The van der Waals surface area contributed by atoms with E-state index in [2.05, 4.69) is 68.3 Å². The van der Waals surface area contributed by atoms with Crippen LogP contribution < -0.4 is 4.74 Å². The number of hydrogen-bond acceptors (Lipinski definition) is 5. The van der Waals surface area contributed by atoms with Gasteiger partial charge in [-0.2, -0.15) is 0 Å². The van der Waals surface area contributed by atoms with Gasteiger partial charge in [0, 0.05) is 18.2 Å². The highest BCUT2D eigenvalue weighted by Gasteiger charge is 2.39. The maximum atomic E-state index is 6.20. The highest BCUT2D eigenvalue weighted by atomic mass is 16.6. The van der Waals surface area contributed by atoms with Crippen molar-refractivity contribution in [2.24, 2.45) is 0 Å². The summed E-state index contributed by atoms with van der Waals surface area (Å²) in [5.74, 6) is 1.85. The molecule has 0 spiro atoms. The monoisotopic (exact) mass is 447 g/mol. The SMILES string of the molecule is CC1=C(OCC2COCCO2)C=CN2CC(C)(C)c3cc(OCc4ccccc4)ccc3C12. The lowest BCUT2D eigenvalue weighted by molar-refractivity contribution is -0.108. The normalized spacial score (nSPS) is 23.7. The summed E-state index contributed by atoms with van der Waals surface area (Å²) in [5.41, 5.74) is 5.06. The van der Waals surface area contributed by atoms with E-state index in [0.29, 0.717) is 33.0 Å². The standard InChI is InChI=1S/C28H33NO4/c1-20-26(33-18-23-17-30-13-14-31-23)11-12-29-19-28(2,3)25-15-22(9-10-24(25)27(20)29)32-16-21-7-5-4-6-8-21/h4-12,15,23,27H,13-14,16-19H2,1-3H3. The summed E-state index contributed by atoms with van der Waals surface area (Å²) >= 11 is 0. The fourth-order valence-electron chi connectivity index (χ4n) is 5.03. The fourth-order valence-corrected chi connectivity index (χ4v) is 5.03. The van der Waals surface area contributed by atoms with Crippen LogP contribution in [-0.4, -0.2) is 44.0 Å². The summed E-state index contributed by atoms with van der Waals surface area (Å²) in [6.07, 6.45) is 4.26. The number of hydrogen-bond donors (Lipinski definition) is 0. The summed E-state index contributed by atoms with van der Waals surface area (Å²) in [4.78, 5) is 2.43. The molecule has 0 aliphatic carbocycles. The third kappa shape index (κ3) is 4.66. The molecule has 5 rings (SSSR count). The van der Waals surface area contributed by atoms with Crippen molar-refractivity contribution in [3.05, 3.63) is 88.8 Å². The Morgan fingerprint density at radius 1 is 1.06 bits per heavy atom. The van der Waals surface area contributed by atoms with Crippen molar-refractivity contribution in [3.63, 3.8) is 0 Å². The fraction of sp³-hybridized carbons (Fsp3) is 0.429. The smallest absolute Gasteiger partial charge is 0.122 e. The largest absolute Gasteiger partial charge is 0.491 e. The Kier molecular flexibility index (Phi) is 6.17. The molecule has 3 aliphatic rings. The van der Waals surface area contributed by atoms with Gasteiger partial charge in [0.05, 0.1) is 25.9 Å². The van der Waals surface area contributed by atoms with Crippen molar-refractivity contribution in [2.75, 3.05) is 33.0 Å². The molecule has 33 heavy (non-hydrogen) atoms. The lowest BCUT2D eigenvalue weighted by Gasteiger charge is -2.47. The van der Waals surface area contributed by atoms with Crippen molar-refractivity contribution in [2.45, 2.75) is 44.9 Å². The second-order valence-electron chi connectivity index (χ2n) is 9.72. The molecule has 0 radical (unpaired) electrons. The molecule has 1 fully saturated rings. The number of rotatable bonds is 6. The molecule has 2 aromatic carbocycles. The second-order valence-corrected chi connectivity index (χ2v) is 9.72. The van der Waals surface area contributed by atoms with Gasteiger partial charge in [-0.1, -0.05) is 50.2 Å². The van der Waals surface area contributed by atoms with E-state index in [1.54, 1.807) is 0 Å². The molecule has 2 aromatic rings. The first-order valence-corrected chi connectivity index (χ1v) is 11.8. The van der Waals surface area contributed by atoms with Crippen LogP contribution >= 0.6 is 0 Å². The van der Waals surface area contributed by atoms with Crippen molar-refractivity contribution in [3.8, 4) is 5.75 Å². The average molecular weight is 448 g/mol. The van der Waals surface area contributed by atoms with E-state index in [1.165, 1.54) is 22.3 Å². The van der Waals surface area contributed by atoms with Gasteiger partial charge in [0.25, 0.3) is 0 Å². The van der Waals surface area contributed by atoms with E-state index in [4.69, 9.17) is 18.9 Å². The first-order valence-electron chi connectivity index (χ1n) is 11.8. The van der Waals surface area contributed by atoms with Crippen LogP contribution in [0.1, 0.15) is 43.5 Å². The molecule has 3 heterocycles. The molecule has 0 bridgehead atoms. The van der Waals surface area contributed by atoms with Crippen LogP contribution in [0, 0.1) is 0 Å². The van der Waals surface area contributed by atoms with Crippen LogP contribution in [0.2, 0.25) is 0 Å². The van der Waals surface area contributed by atoms with E-state index in [9.17, 15) is 0 Å². The van der Waals surface area contributed by atoms with Gasteiger partial charge >= 0.3 is 0 Å². The van der Waals surface area contributed by atoms with E-state index in [1.807, 2.05) is 18.2 Å². The zero-order valence-electron chi connectivity index (χ0n) is 19.8. The number of ether oxygens (including phenoxy) is 4. The molecule has 0 amide bonds. The van der Waals surface area contributed by atoms with Crippen LogP contribution in [0.3, 0.4) is 0 Å². The van der Waals surface area contributed by atoms with Crippen LogP contribution in [0.25, 0.3) is 0 Å². The Morgan fingerprint density at radius 3 is 2.70 bits per heavy atom. The predicted octanol–water partition coefficient (Wildman–Crippen LogP) is 5.13. The Labute approximate surface area is 196 Å². The summed E-state index contributed by atoms with van der Waals surface area (Å²) in [7, 11) is 0. The quantitative estimate of drug-likeness (QED) is 0.614. The predicted molar refractivity (Wildman–Crippen MR) is 128 cm³/mol. The maximum absolute atomic E-state index is 6.20. The van der Waals surface area contributed by atoms with Gasteiger partial charge in [-0.25, -0.2) is 0 Å². The van der Waals surface area contributed by atoms with Crippen LogP contribution in [0.5, 0.6) is 5.75 Å². The molecule has 0 saturated carbocycles. The number of nitrogens with zero attached hydrogens (tertiary/aromatic N) is 1. The van der Waals surface area contributed by atoms with E-state index < -0.39 is 0 Å². The van der Waals surface area contributed by atoms with Crippen molar-refractivity contribution >= 4 is 0 Å². The summed E-state index contributed by atoms with van der Waals surface area (Å²) in [5, 5.41) is 0. The Bertz CT molecular complexity index is 1040. The molecule has 1 saturated heterocycles. The molecule has 0 aromatic heterocycles. The van der Waals surface area contributed by atoms with Gasteiger partial charge in [-0.05, 0) is 47.4 Å². The van der Waals surface area contributed by atoms with E-state index in [0.717, 1.165) is 18.1 Å². The van der Waals surface area contributed by atoms with Crippen molar-refractivity contribution in [1.29, 1.82) is 0 Å². The molecule has 3 aliphatic heterocycles. The minimum atomic E-state index is -0.00706. The highest BCUT2D eigenvalue weighted by Crippen LogP contribution is 2.46. The Balaban J connectivity index is 1.37. The van der Waals surface area contributed by atoms with Crippen LogP contribution in [0.4, 0.5) is 0 Å². The van der Waals surface area contributed by atoms with Gasteiger partial charge in [-0.3, -0.25) is 0 Å². The third-order valence-electron chi connectivity index (χ3n) is 6.73. The third-order valence-corrected chi connectivity index (χ3v) is 6.73. The molecule has 5 nitrogen and oxygen atoms in total. The van der Waals surface area contributed by atoms with Gasteiger partial charge in [0.2, 0.25) is 0 Å². The second kappa shape index (κ2) is 9.24. The Hall–Kier alpha value is -2.76. The zero-order valence-corrected chi connectivity index (χ0v) is 19.8. The molecule has 5 heteroatoms. The van der Waals surface area contributed by atoms with Crippen molar-refractivity contribution in [1.82, 2.24) is 4.90 Å². The van der Waals surface area contributed by atoms with Gasteiger partial charge in [0.1, 0.15) is 30.8 Å². The first-order chi connectivity index (χ1) is 16.0. The molecule has 2 atom stereocenters. The minimum Gasteiger partial charge on any atom is -0.491 e. The average Bonchev–Trinajstić information content (AvgIpc) is 2.83. The highest BCUT2D eigenvalue weighted by molar-refractivity contribution is 5.49. The molecule has 174 valence electrons. The molecular formula is C28H33NO4. The molecule has 2 unspecified atom stereocenters.